The van der Waals surface area contributed by atoms with E-state index >= 15 is 0 Å². The SMILES string of the molecule is N#Cc1cccc(-c2cccc(-c3ccc(-c4cccc(-c5nc(-c6ccccc6)nc(-c6ccccc6)n5)c4)c4ccccc34)c2)c1. The number of hydrogen-bond donors (Lipinski definition) is 0. The van der Waals surface area contributed by atoms with Gasteiger partial charge in [0, 0.05) is 16.7 Å². The zero-order valence-electron chi connectivity index (χ0n) is 26.0. The molecule has 0 amide bonds. The highest BCUT2D eigenvalue weighted by Crippen LogP contribution is 2.38. The van der Waals surface area contributed by atoms with Crippen LogP contribution in [-0.4, -0.2) is 15.0 Å². The predicted octanol–water partition coefficient (Wildman–Crippen LogP) is 10.9. The highest BCUT2D eigenvalue weighted by Gasteiger charge is 2.15. The van der Waals surface area contributed by atoms with E-state index in [4.69, 9.17) is 15.0 Å². The van der Waals surface area contributed by atoms with E-state index in [2.05, 4.69) is 91.0 Å². The van der Waals surface area contributed by atoms with Gasteiger partial charge in [0.2, 0.25) is 0 Å². The van der Waals surface area contributed by atoms with Crippen LogP contribution in [0.25, 0.3) is 78.3 Å². The summed E-state index contributed by atoms with van der Waals surface area (Å²) in [7, 11) is 0. The first kappa shape index (κ1) is 28.8. The molecule has 1 heterocycles. The van der Waals surface area contributed by atoms with Crippen LogP contribution in [0, 0.1) is 11.3 Å². The molecule has 48 heavy (non-hydrogen) atoms. The van der Waals surface area contributed by atoms with E-state index in [1.165, 1.54) is 5.39 Å². The minimum absolute atomic E-state index is 0.628. The van der Waals surface area contributed by atoms with Crippen LogP contribution >= 0.6 is 0 Å². The molecule has 7 aromatic carbocycles. The Hall–Kier alpha value is -6.70. The van der Waals surface area contributed by atoms with E-state index in [1.807, 2.05) is 84.9 Å². The van der Waals surface area contributed by atoms with Crippen molar-refractivity contribution in [3.05, 3.63) is 175 Å². The Kier molecular flexibility index (Phi) is 7.54. The Bertz CT molecular complexity index is 2400. The van der Waals surface area contributed by atoms with Crippen molar-refractivity contribution in [2.45, 2.75) is 0 Å². The normalized spacial score (nSPS) is 10.9. The Balaban J connectivity index is 1.22. The van der Waals surface area contributed by atoms with Crippen LogP contribution in [0.4, 0.5) is 0 Å². The zero-order chi connectivity index (χ0) is 32.3. The number of nitrogens with zero attached hydrogens (tertiary/aromatic N) is 4. The van der Waals surface area contributed by atoms with E-state index in [-0.39, 0.29) is 0 Å². The summed E-state index contributed by atoms with van der Waals surface area (Å²) in [5, 5.41) is 11.8. The largest absolute Gasteiger partial charge is 0.208 e. The Morgan fingerprint density at radius 1 is 0.333 bits per heavy atom. The molecule has 8 aromatic rings. The first-order chi connectivity index (χ1) is 23.7. The van der Waals surface area contributed by atoms with E-state index in [0.717, 1.165) is 55.5 Å². The number of rotatable bonds is 6. The lowest BCUT2D eigenvalue weighted by Crippen LogP contribution is -2.00. The fourth-order valence-corrected chi connectivity index (χ4v) is 6.20. The van der Waals surface area contributed by atoms with Crippen LogP contribution in [0.1, 0.15) is 5.56 Å². The third-order valence-electron chi connectivity index (χ3n) is 8.55. The molecule has 0 saturated carbocycles. The summed E-state index contributed by atoms with van der Waals surface area (Å²) in [6, 6.07) is 60.0. The second kappa shape index (κ2) is 12.6. The van der Waals surface area contributed by atoms with E-state index in [0.29, 0.717) is 23.0 Å². The molecule has 0 fully saturated rings. The average Bonchev–Trinajstić information content (AvgIpc) is 3.18. The summed E-state index contributed by atoms with van der Waals surface area (Å²) in [5.74, 6) is 1.91. The van der Waals surface area contributed by atoms with Crippen LogP contribution in [-0.2, 0) is 0 Å². The smallest absolute Gasteiger partial charge is 0.164 e. The summed E-state index contributed by atoms with van der Waals surface area (Å²) < 4.78 is 0. The molecule has 4 nitrogen and oxygen atoms in total. The van der Waals surface area contributed by atoms with Gasteiger partial charge >= 0.3 is 0 Å². The standard InChI is InChI=1S/C44H28N4/c45-29-30-12-9-17-33(26-30)34-18-10-19-35(27-34)38-24-25-39(41-23-8-7-22-40(38)41)36-20-11-21-37(28-36)44-47-42(31-13-3-1-4-14-31)46-43(48-44)32-15-5-2-6-16-32/h1-28H. The van der Waals surface area contributed by atoms with Crippen molar-refractivity contribution in [3.63, 3.8) is 0 Å². The van der Waals surface area contributed by atoms with Crippen LogP contribution < -0.4 is 0 Å². The van der Waals surface area contributed by atoms with Crippen molar-refractivity contribution in [1.29, 1.82) is 5.26 Å². The van der Waals surface area contributed by atoms with Gasteiger partial charge in [-0.1, -0.05) is 146 Å². The fourth-order valence-electron chi connectivity index (χ4n) is 6.20. The number of aromatic nitrogens is 3. The molecule has 0 unspecified atom stereocenters. The summed E-state index contributed by atoms with van der Waals surface area (Å²) in [5.41, 5.74) is 10.1. The van der Waals surface area contributed by atoms with Gasteiger partial charge in [0.05, 0.1) is 11.6 Å². The van der Waals surface area contributed by atoms with Crippen molar-refractivity contribution in [2.75, 3.05) is 0 Å². The van der Waals surface area contributed by atoms with Crippen LogP contribution in [0.5, 0.6) is 0 Å². The van der Waals surface area contributed by atoms with E-state index in [1.54, 1.807) is 0 Å². The maximum Gasteiger partial charge on any atom is 0.164 e. The fraction of sp³-hybridized carbons (Fsp3) is 0. The Morgan fingerprint density at radius 2 is 0.729 bits per heavy atom. The van der Waals surface area contributed by atoms with Gasteiger partial charge in [-0.05, 0) is 68.4 Å². The Labute approximate surface area is 279 Å². The summed E-state index contributed by atoms with van der Waals surface area (Å²) >= 11 is 0. The van der Waals surface area contributed by atoms with Gasteiger partial charge in [0.1, 0.15) is 0 Å². The van der Waals surface area contributed by atoms with Gasteiger partial charge in [0.15, 0.2) is 17.5 Å². The second-order valence-corrected chi connectivity index (χ2v) is 11.6. The predicted molar refractivity (Wildman–Crippen MR) is 195 cm³/mol. The van der Waals surface area contributed by atoms with Crippen molar-refractivity contribution in [1.82, 2.24) is 15.0 Å². The molecule has 0 saturated heterocycles. The second-order valence-electron chi connectivity index (χ2n) is 11.6. The molecule has 1 aromatic heterocycles. The molecule has 0 aliphatic heterocycles. The molecule has 0 aliphatic rings. The van der Waals surface area contributed by atoms with Gasteiger partial charge in [-0.2, -0.15) is 5.26 Å². The molecule has 0 aliphatic carbocycles. The Morgan fingerprint density at radius 3 is 1.27 bits per heavy atom. The molecular weight excluding hydrogens is 585 g/mol. The van der Waals surface area contributed by atoms with Gasteiger partial charge in [-0.3, -0.25) is 0 Å². The summed E-state index contributed by atoms with van der Waals surface area (Å²) in [6.45, 7) is 0. The third kappa shape index (κ3) is 5.62. The molecule has 0 bridgehead atoms. The third-order valence-corrected chi connectivity index (χ3v) is 8.55. The van der Waals surface area contributed by atoms with Gasteiger partial charge in [-0.25, -0.2) is 15.0 Å². The lowest BCUT2D eigenvalue weighted by molar-refractivity contribution is 1.07. The molecule has 0 N–H and O–H groups in total. The van der Waals surface area contributed by atoms with Crippen molar-refractivity contribution in [3.8, 4) is 73.6 Å². The topological polar surface area (TPSA) is 62.5 Å². The number of hydrogen-bond acceptors (Lipinski definition) is 4. The molecule has 4 heteroatoms. The van der Waals surface area contributed by atoms with E-state index in [9.17, 15) is 5.26 Å². The number of fused-ring (bicyclic) bond motifs is 1. The molecule has 224 valence electrons. The van der Waals surface area contributed by atoms with E-state index < -0.39 is 0 Å². The lowest BCUT2D eigenvalue weighted by Gasteiger charge is -2.14. The quantitative estimate of drug-likeness (QED) is 0.187. The first-order valence-electron chi connectivity index (χ1n) is 15.8. The minimum Gasteiger partial charge on any atom is -0.208 e. The highest BCUT2D eigenvalue weighted by atomic mass is 15.0. The van der Waals surface area contributed by atoms with Crippen molar-refractivity contribution >= 4 is 10.8 Å². The number of benzene rings is 7. The molecule has 0 atom stereocenters. The van der Waals surface area contributed by atoms with Crippen molar-refractivity contribution in [2.24, 2.45) is 0 Å². The van der Waals surface area contributed by atoms with Gasteiger partial charge in [0.25, 0.3) is 0 Å². The maximum atomic E-state index is 9.42. The van der Waals surface area contributed by atoms with Crippen LogP contribution in [0.15, 0.2) is 170 Å². The first-order valence-corrected chi connectivity index (χ1v) is 15.8. The maximum absolute atomic E-state index is 9.42. The molecule has 0 spiro atoms. The van der Waals surface area contributed by atoms with Crippen LogP contribution in [0.3, 0.4) is 0 Å². The highest BCUT2D eigenvalue weighted by molar-refractivity contribution is 6.05. The molecule has 0 radical (unpaired) electrons. The summed E-state index contributed by atoms with van der Waals surface area (Å²) in [6.07, 6.45) is 0. The van der Waals surface area contributed by atoms with Gasteiger partial charge in [-0.15, -0.1) is 0 Å². The molecule has 8 rings (SSSR count). The van der Waals surface area contributed by atoms with Crippen molar-refractivity contribution < 1.29 is 0 Å². The monoisotopic (exact) mass is 612 g/mol. The number of nitriles is 1. The van der Waals surface area contributed by atoms with Crippen LogP contribution in [0.2, 0.25) is 0 Å². The van der Waals surface area contributed by atoms with Gasteiger partial charge < -0.3 is 0 Å². The molecular formula is C44H28N4. The summed E-state index contributed by atoms with van der Waals surface area (Å²) in [4.78, 5) is 14.8. The minimum atomic E-state index is 0.628. The lowest BCUT2D eigenvalue weighted by atomic mass is 9.90. The average molecular weight is 613 g/mol. The zero-order valence-corrected chi connectivity index (χ0v) is 26.0.